The van der Waals surface area contributed by atoms with Crippen LogP contribution in [-0.2, 0) is 0 Å². The van der Waals surface area contributed by atoms with Crippen molar-refractivity contribution in [1.29, 1.82) is 0 Å². The van der Waals surface area contributed by atoms with Crippen LogP contribution in [0.4, 0.5) is 10.8 Å². The van der Waals surface area contributed by atoms with Crippen LogP contribution in [0.15, 0.2) is 12.7 Å². The number of hydrogen-bond acceptors (Lipinski definition) is 6. The van der Waals surface area contributed by atoms with Crippen LogP contribution in [0.3, 0.4) is 0 Å². The Bertz CT molecular complexity index is 328. The highest BCUT2D eigenvalue weighted by molar-refractivity contribution is 7.99. The van der Waals surface area contributed by atoms with Gasteiger partial charge >= 0.3 is 0 Å². The van der Waals surface area contributed by atoms with Crippen molar-refractivity contribution in [3.8, 4) is 5.75 Å². The Labute approximate surface area is 104 Å². The lowest BCUT2D eigenvalue weighted by atomic mass is 10.5. The maximum Gasteiger partial charge on any atom is 0.197 e. The predicted octanol–water partition coefficient (Wildman–Crippen LogP) is 2.46. The van der Waals surface area contributed by atoms with Gasteiger partial charge in [-0.2, -0.15) is 16.1 Å². The molecule has 0 aromatic carbocycles. The lowest BCUT2D eigenvalue weighted by Crippen LogP contribution is -2.05. The van der Waals surface area contributed by atoms with Crippen molar-refractivity contribution >= 4 is 34.1 Å². The number of thioether (sulfide) groups is 1. The zero-order valence-electron chi connectivity index (χ0n) is 9.36. The van der Waals surface area contributed by atoms with Gasteiger partial charge in [-0.25, -0.2) is 0 Å². The molecule has 0 aliphatic heterocycles. The van der Waals surface area contributed by atoms with Gasteiger partial charge in [-0.1, -0.05) is 6.08 Å². The van der Waals surface area contributed by atoms with Crippen molar-refractivity contribution < 1.29 is 4.74 Å². The summed E-state index contributed by atoms with van der Waals surface area (Å²) in [6.45, 7) is 7.08. The van der Waals surface area contributed by atoms with Crippen molar-refractivity contribution in [2.45, 2.75) is 6.92 Å². The first-order valence-electron chi connectivity index (χ1n) is 5.10. The number of nitrogens with zero attached hydrogens (tertiary/aromatic N) is 1. The lowest BCUT2D eigenvalue weighted by molar-refractivity contribution is 0.344. The van der Waals surface area contributed by atoms with Crippen molar-refractivity contribution in [3.05, 3.63) is 12.7 Å². The largest absolute Gasteiger partial charge is 0.487 e. The number of nitrogens with one attached hydrogen (secondary N) is 1. The van der Waals surface area contributed by atoms with Gasteiger partial charge < -0.3 is 15.8 Å². The molecule has 6 heteroatoms. The van der Waals surface area contributed by atoms with Gasteiger partial charge in [0.2, 0.25) is 0 Å². The van der Waals surface area contributed by atoms with E-state index in [1.54, 1.807) is 0 Å². The zero-order valence-corrected chi connectivity index (χ0v) is 11.0. The highest BCUT2D eigenvalue weighted by Gasteiger charge is 2.11. The van der Waals surface area contributed by atoms with Crippen LogP contribution >= 0.6 is 23.3 Å². The monoisotopic (exact) mass is 259 g/mol. The first-order chi connectivity index (χ1) is 7.79. The average molecular weight is 259 g/mol. The lowest BCUT2D eigenvalue weighted by Gasteiger charge is -2.06. The molecule has 1 aromatic heterocycles. The Morgan fingerprint density at radius 1 is 1.69 bits per heavy atom. The SMILES string of the molecule is C=CCSCCNc1snc(N)c1OCC. The number of nitrogens with two attached hydrogens (primary N) is 1. The summed E-state index contributed by atoms with van der Waals surface area (Å²) >= 11 is 3.17. The maximum absolute atomic E-state index is 5.70. The summed E-state index contributed by atoms with van der Waals surface area (Å²) in [5, 5.41) is 4.19. The Balaban J connectivity index is 2.37. The van der Waals surface area contributed by atoms with Crippen LogP contribution in [0.5, 0.6) is 5.75 Å². The Morgan fingerprint density at radius 2 is 2.50 bits per heavy atom. The molecule has 1 heterocycles. The quantitative estimate of drug-likeness (QED) is 0.555. The summed E-state index contributed by atoms with van der Waals surface area (Å²) in [5.74, 6) is 3.15. The molecule has 90 valence electrons. The molecule has 0 saturated heterocycles. The van der Waals surface area contributed by atoms with E-state index in [-0.39, 0.29) is 0 Å². The Morgan fingerprint density at radius 3 is 3.19 bits per heavy atom. The molecule has 3 N–H and O–H groups in total. The second kappa shape index (κ2) is 7.40. The van der Waals surface area contributed by atoms with Gasteiger partial charge in [0, 0.05) is 18.1 Å². The van der Waals surface area contributed by atoms with Crippen molar-refractivity contribution in [2.75, 3.05) is 35.7 Å². The highest BCUT2D eigenvalue weighted by atomic mass is 32.2. The minimum Gasteiger partial charge on any atom is -0.487 e. The topological polar surface area (TPSA) is 60.2 Å². The predicted molar refractivity (Wildman–Crippen MR) is 73.7 cm³/mol. The third-order valence-electron chi connectivity index (χ3n) is 1.73. The minimum absolute atomic E-state index is 0.466. The molecular weight excluding hydrogens is 242 g/mol. The molecule has 4 nitrogen and oxygen atoms in total. The summed E-state index contributed by atoms with van der Waals surface area (Å²) in [4.78, 5) is 0. The van der Waals surface area contributed by atoms with Crippen LogP contribution in [0.25, 0.3) is 0 Å². The van der Waals surface area contributed by atoms with Crippen molar-refractivity contribution in [1.82, 2.24) is 4.37 Å². The maximum atomic E-state index is 5.70. The van der Waals surface area contributed by atoms with Crippen LogP contribution in [-0.4, -0.2) is 29.0 Å². The summed E-state index contributed by atoms with van der Waals surface area (Å²) < 4.78 is 9.48. The Hall–Kier alpha value is -0.880. The van der Waals surface area contributed by atoms with E-state index in [1.807, 2.05) is 24.8 Å². The first-order valence-corrected chi connectivity index (χ1v) is 7.02. The third-order valence-corrected chi connectivity index (χ3v) is 3.49. The number of ether oxygens (including phenoxy) is 1. The fourth-order valence-corrected chi connectivity index (χ4v) is 2.36. The van der Waals surface area contributed by atoms with E-state index in [4.69, 9.17) is 10.5 Å². The molecular formula is C10H17N3OS2. The summed E-state index contributed by atoms with van der Waals surface area (Å²) in [6, 6.07) is 0. The molecule has 0 amide bonds. The fraction of sp³-hybridized carbons (Fsp3) is 0.500. The first kappa shape index (κ1) is 13.2. The van der Waals surface area contributed by atoms with E-state index in [0.29, 0.717) is 18.2 Å². The average Bonchev–Trinajstić information content (AvgIpc) is 2.62. The number of hydrogen-bond donors (Lipinski definition) is 2. The van der Waals surface area contributed by atoms with E-state index in [2.05, 4.69) is 16.3 Å². The highest BCUT2D eigenvalue weighted by Crippen LogP contribution is 2.34. The second-order valence-corrected chi connectivity index (χ2v) is 4.87. The smallest absolute Gasteiger partial charge is 0.197 e. The van der Waals surface area contributed by atoms with Gasteiger partial charge in [0.25, 0.3) is 0 Å². The van der Waals surface area contributed by atoms with Crippen molar-refractivity contribution in [3.63, 3.8) is 0 Å². The fourth-order valence-electron chi connectivity index (χ4n) is 1.09. The van der Waals surface area contributed by atoms with Gasteiger partial charge in [-0.15, -0.1) is 6.58 Å². The van der Waals surface area contributed by atoms with Crippen LogP contribution in [0.2, 0.25) is 0 Å². The molecule has 0 aliphatic rings. The van der Waals surface area contributed by atoms with Crippen LogP contribution in [0, 0.1) is 0 Å². The van der Waals surface area contributed by atoms with Gasteiger partial charge in [0.05, 0.1) is 6.61 Å². The number of nitrogen functional groups attached to an aromatic ring is 1. The van der Waals surface area contributed by atoms with Gasteiger partial charge in [0.15, 0.2) is 16.6 Å². The van der Waals surface area contributed by atoms with Gasteiger partial charge in [-0.3, -0.25) is 0 Å². The number of rotatable bonds is 8. The number of anilines is 2. The second-order valence-electron chi connectivity index (χ2n) is 2.95. The normalized spacial score (nSPS) is 10.1. The van der Waals surface area contributed by atoms with Gasteiger partial charge in [-0.05, 0) is 18.5 Å². The molecule has 0 radical (unpaired) electrons. The molecule has 0 fully saturated rings. The molecule has 0 unspecified atom stereocenters. The van der Waals surface area contributed by atoms with Crippen LogP contribution in [0.1, 0.15) is 6.92 Å². The van der Waals surface area contributed by atoms with E-state index in [1.165, 1.54) is 11.5 Å². The molecule has 16 heavy (non-hydrogen) atoms. The third kappa shape index (κ3) is 3.94. The molecule has 0 atom stereocenters. The molecule has 0 bridgehead atoms. The molecule has 1 rings (SSSR count). The standard InChI is InChI=1S/C10H17N3OS2/c1-3-6-15-7-5-12-10-8(14-4-2)9(11)13-16-10/h3,12H,1,4-7H2,2H3,(H2,11,13). The molecule has 1 aromatic rings. The summed E-state index contributed by atoms with van der Waals surface area (Å²) in [6.07, 6.45) is 1.90. The van der Waals surface area contributed by atoms with E-state index in [9.17, 15) is 0 Å². The van der Waals surface area contributed by atoms with E-state index in [0.717, 1.165) is 23.1 Å². The van der Waals surface area contributed by atoms with Crippen LogP contribution < -0.4 is 15.8 Å². The summed E-state index contributed by atoms with van der Waals surface area (Å²) in [7, 11) is 0. The minimum atomic E-state index is 0.466. The molecule has 0 aliphatic carbocycles. The van der Waals surface area contributed by atoms with E-state index < -0.39 is 0 Å². The Kier molecular flexibility index (Phi) is 6.10. The van der Waals surface area contributed by atoms with Gasteiger partial charge in [0.1, 0.15) is 0 Å². The molecule has 0 saturated carbocycles. The zero-order chi connectivity index (χ0) is 11.8. The summed E-state index contributed by atoms with van der Waals surface area (Å²) in [5.41, 5.74) is 5.70. The van der Waals surface area contributed by atoms with Crippen molar-refractivity contribution in [2.24, 2.45) is 0 Å². The number of aromatic nitrogens is 1. The molecule has 0 spiro atoms. The van der Waals surface area contributed by atoms with E-state index >= 15 is 0 Å².